The van der Waals surface area contributed by atoms with Crippen LogP contribution in [0.15, 0.2) is 0 Å². The highest BCUT2D eigenvalue weighted by Gasteiger charge is 2.38. The lowest BCUT2D eigenvalue weighted by atomic mass is 10.1. The van der Waals surface area contributed by atoms with Crippen LogP contribution in [0.5, 0.6) is 0 Å². The summed E-state index contributed by atoms with van der Waals surface area (Å²) in [5.41, 5.74) is 0. The maximum atomic E-state index is 13.0. The molecule has 2 fully saturated rings. The number of nitrogens with zero attached hydrogens (tertiary/aromatic N) is 1. The van der Waals surface area contributed by atoms with Crippen LogP contribution in [-0.4, -0.2) is 71.5 Å². The first-order valence-electron chi connectivity index (χ1n) is 14.3. The minimum atomic E-state index is -1.01. The topological polar surface area (TPSA) is 128 Å². The molecule has 206 valence electrons. The number of likely N-dealkylation sites (tertiary alicyclic amines) is 1. The largest absolute Gasteiger partial charge is 0.481 e. The molecule has 9 nitrogen and oxygen atoms in total. The average Bonchev–Trinajstić information content (AvgIpc) is 3.57. The van der Waals surface area contributed by atoms with Crippen LogP contribution < -0.4 is 16.0 Å². The van der Waals surface area contributed by atoms with Gasteiger partial charge in [-0.3, -0.25) is 19.2 Å². The van der Waals surface area contributed by atoms with Crippen molar-refractivity contribution < 1.29 is 24.3 Å². The molecule has 2 heterocycles. The van der Waals surface area contributed by atoms with Gasteiger partial charge in [0, 0.05) is 19.5 Å². The number of nitrogens with one attached hydrogen (secondary N) is 3. The Labute approximate surface area is 216 Å². The number of hydrogen-bond donors (Lipinski definition) is 4. The molecule has 0 bridgehead atoms. The Morgan fingerprint density at radius 3 is 2.22 bits per heavy atom. The second-order valence-corrected chi connectivity index (χ2v) is 10.3. The third kappa shape index (κ3) is 10.8. The molecule has 2 saturated heterocycles. The van der Waals surface area contributed by atoms with Gasteiger partial charge in [0.05, 0.1) is 6.04 Å². The number of carbonyl (C=O) groups excluding carboxylic acids is 3. The van der Waals surface area contributed by atoms with Gasteiger partial charge in [-0.25, -0.2) is 0 Å². The monoisotopic (exact) mass is 508 g/mol. The number of aliphatic carboxylic acids is 1. The standard InChI is InChI=1S/C27H48N4O5/c1-2-3-4-5-6-7-8-9-10-11-18-29-25(34)21(16-17-24(32)33)30-26(35)23-15-13-20-31(23)27(36)22-14-12-19-28-22/h21-23,28H,2-20H2,1H3,(H,29,34)(H,30,35)(H,32,33)/t21-,22+,23-/m0/s1. The van der Waals surface area contributed by atoms with Gasteiger partial charge in [-0.2, -0.15) is 0 Å². The molecule has 0 spiro atoms. The van der Waals surface area contributed by atoms with E-state index < -0.39 is 18.1 Å². The summed E-state index contributed by atoms with van der Waals surface area (Å²) in [4.78, 5) is 51.4. The fraction of sp³-hybridized carbons (Fsp3) is 0.852. The summed E-state index contributed by atoms with van der Waals surface area (Å²) < 4.78 is 0. The Kier molecular flexibility index (Phi) is 14.5. The number of carboxylic acids is 1. The molecule has 0 unspecified atom stereocenters. The molecule has 0 aliphatic carbocycles. The summed E-state index contributed by atoms with van der Waals surface area (Å²) in [6, 6.07) is -1.77. The van der Waals surface area contributed by atoms with Crippen molar-refractivity contribution in [3.05, 3.63) is 0 Å². The van der Waals surface area contributed by atoms with Crippen molar-refractivity contribution in [1.29, 1.82) is 0 Å². The second kappa shape index (κ2) is 17.3. The normalized spacial score (nSPS) is 20.3. The molecule has 0 aromatic carbocycles. The fourth-order valence-electron chi connectivity index (χ4n) is 5.15. The Hall–Kier alpha value is -2.16. The van der Waals surface area contributed by atoms with Crippen molar-refractivity contribution >= 4 is 23.7 Å². The van der Waals surface area contributed by atoms with Crippen LogP contribution in [0.2, 0.25) is 0 Å². The summed E-state index contributed by atoms with van der Waals surface area (Å²) in [6.45, 7) is 4.07. The molecule has 36 heavy (non-hydrogen) atoms. The number of carbonyl (C=O) groups is 4. The van der Waals surface area contributed by atoms with E-state index in [2.05, 4.69) is 22.9 Å². The van der Waals surface area contributed by atoms with Crippen LogP contribution in [0.4, 0.5) is 0 Å². The van der Waals surface area contributed by atoms with E-state index in [9.17, 15) is 19.2 Å². The summed E-state index contributed by atoms with van der Waals surface area (Å²) >= 11 is 0. The Morgan fingerprint density at radius 2 is 1.61 bits per heavy atom. The Bertz CT molecular complexity index is 696. The van der Waals surface area contributed by atoms with Gasteiger partial charge in [-0.05, 0) is 45.1 Å². The molecular formula is C27H48N4O5. The van der Waals surface area contributed by atoms with Crippen molar-refractivity contribution in [3.63, 3.8) is 0 Å². The lowest BCUT2D eigenvalue weighted by molar-refractivity contribution is -0.141. The molecule has 9 heteroatoms. The smallest absolute Gasteiger partial charge is 0.303 e. The van der Waals surface area contributed by atoms with E-state index in [0.717, 1.165) is 45.1 Å². The predicted octanol–water partition coefficient (Wildman–Crippen LogP) is 3.12. The van der Waals surface area contributed by atoms with E-state index >= 15 is 0 Å². The molecule has 2 rings (SSSR count). The first kappa shape index (κ1) is 30.1. The zero-order valence-electron chi connectivity index (χ0n) is 22.2. The van der Waals surface area contributed by atoms with Crippen LogP contribution >= 0.6 is 0 Å². The van der Waals surface area contributed by atoms with E-state index in [1.807, 2.05) is 0 Å². The number of rotatable bonds is 18. The molecule has 0 aromatic heterocycles. The zero-order chi connectivity index (χ0) is 26.2. The maximum absolute atomic E-state index is 13.0. The summed E-state index contributed by atoms with van der Waals surface area (Å²) in [7, 11) is 0. The molecule has 4 N–H and O–H groups in total. The SMILES string of the molecule is CCCCCCCCCCCCNC(=O)[C@H](CCC(=O)O)NC(=O)[C@@H]1CCCN1C(=O)[C@H]1CCCN1. The maximum Gasteiger partial charge on any atom is 0.303 e. The highest BCUT2D eigenvalue weighted by atomic mass is 16.4. The minimum Gasteiger partial charge on any atom is -0.481 e. The second-order valence-electron chi connectivity index (χ2n) is 10.3. The molecule has 2 aliphatic heterocycles. The van der Waals surface area contributed by atoms with E-state index in [-0.39, 0.29) is 36.6 Å². The summed E-state index contributed by atoms with van der Waals surface area (Å²) in [5.74, 6) is -1.79. The third-order valence-corrected chi connectivity index (χ3v) is 7.31. The van der Waals surface area contributed by atoms with Gasteiger partial charge in [0.2, 0.25) is 17.7 Å². The molecule has 0 aromatic rings. The lowest BCUT2D eigenvalue weighted by Crippen LogP contribution is -2.55. The van der Waals surface area contributed by atoms with Gasteiger partial charge in [-0.15, -0.1) is 0 Å². The van der Waals surface area contributed by atoms with Gasteiger partial charge in [0.15, 0.2) is 0 Å². The predicted molar refractivity (Wildman–Crippen MR) is 139 cm³/mol. The zero-order valence-corrected chi connectivity index (χ0v) is 22.2. The van der Waals surface area contributed by atoms with Gasteiger partial charge in [-0.1, -0.05) is 64.7 Å². The number of amides is 3. The summed E-state index contributed by atoms with van der Waals surface area (Å²) in [5, 5.41) is 17.9. The number of carboxylic acid groups (broad SMARTS) is 1. The summed E-state index contributed by atoms with van der Waals surface area (Å²) in [6.07, 6.45) is 14.9. The van der Waals surface area contributed by atoms with Crippen LogP contribution in [0, 0.1) is 0 Å². The van der Waals surface area contributed by atoms with Crippen molar-refractivity contribution in [1.82, 2.24) is 20.9 Å². The van der Waals surface area contributed by atoms with E-state index in [0.29, 0.717) is 19.5 Å². The van der Waals surface area contributed by atoms with E-state index in [1.165, 1.54) is 44.9 Å². The van der Waals surface area contributed by atoms with Crippen LogP contribution in [0.25, 0.3) is 0 Å². The Balaban J connectivity index is 1.74. The molecule has 0 saturated carbocycles. The first-order chi connectivity index (χ1) is 17.4. The highest BCUT2D eigenvalue weighted by Crippen LogP contribution is 2.21. The Morgan fingerprint density at radius 1 is 0.944 bits per heavy atom. The van der Waals surface area contributed by atoms with Crippen molar-refractivity contribution in [2.75, 3.05) is 19.6 Å². The fourth-order valence-corrected chi connectivity index (χ4v) is 5.15. The number of unbranched alkanes of at least 4 members (excludes halogenated alkanes) is 9. The molecular weight excluding hydrogens is 460 g/mol. The van der Waals surface area contributed by atoms with Gasteiger partial charge in [0.25, 0.3) is 0 Å². The van der Waals surface area contributed by atoms with Gasteiger partial charge < -0.3 is 26.0 Å². The van der Waals surface area contributed by atoms with Crippen LogP contribution in [0.1, 0.15) is 110 Å². The van der Waals surface area contributed by atoms with Gasteiger partial charge in [0.1, 0.15) is 12.1 Å². The van der Waals surface area contributed by atoms with E-state index in [4.69, 9.17) is 5.11 Å². The first-order valence-corrected chi connectivity index (χ1v) is 14.3. The third-order valence-electron chi connectivity index (χ3n) is 7.31. The van der Waals surface area contributed by atoms with Crippen molar-refractivity contribution in [2.45, 2.75) is 128 Å². The van der Waals surface area contributed by atoms with Crippen LogP contribution in [0.3, 0.4) is 0 Å². The molecule has 2 aliphatic rings. The van der Waals surface area contributed by atoms with Crippen molar-refractivity contribution in [3.8, 4) is 0 Å². The van der Waals surface area contributed by atoms with E-state index in [1.54, 1.807) is 4.90 Å². The molecule has 0 radical (unpaired) electrons. The quantitative estimate of drug-likeness (QED) is 0.211. The van der Waals surface area contributed by atoms with Gasteiger partial charge >= 0.3 is 5.97 Å². The van der Waals surface area contributed by atoms with Crippen LogP contribution in [-0.2, 0) is 19.2 Å². The average molecular weight is 509 g/mol. The number of hydrogen-bond acceptors (Lipinski definition) is 5. The van der Waals surface area contributed by atoms with Crippen molar-refractivity contribution in [2.24, 2.45) is 0 Å². The highest BCUT2D eigenvalue weighted by molar-refractivity contribution is 5.93. The lowest BCUT2D eigenvalue weighted by Gasteiger charge is -2.28. The molecule has 3 atom stereocenters. The molecule has 3 amide bonds. The minimum absolute atomic E-state index is 0.0236.